The summed E-state index contributed by atoms with van der Waals surface area (Å²) in [5, 5.41) is 0. The van der Waals surface area contributed by atoms with Gasteiger partial charge < -0.3 is 9.80 Å². The van der Waals surface area contributed by atoms with Crippen molar-refractivity contribution in [2.24, 2.45) is 5.41 Å². The van der Waals surface area contributed by atoms with Gasteiger partial charge in [0.1, 0.15) is 5.69 Å². The SMILES string of the molecule is C=CC(=O)N1CCC2(C1)CN(C(=O)c1cccc(-c3ccccc3)n1)C2. The van der Waals surface area contributed by atoms with Crippen LogP contribution in [-0.2, 0) is 4.79 Å². The van der Waals surface area contributed by atoms with Crippen LogP contribution < -0.4 is 0 Å². The molecule has 26 heavy (non-hydrogen) atoms. The summed E-state index contributed by atoms with van der Waals surface area (Å²) < 4.78 is 0. The van der Waals surface area contributed by atoms with Gasteiger partial charge in [-0.2, -0.15) is 0 Å². The minimum atomic E-state index is -0.0399. The second kappa shape index (κ2) is 6.41. The largest absolute Gasteiger partial charge is 0.338 e. The van der Waals surface area contributed by atoms with E-state index in [1.165, 1.54) is 6.08 Å². The van der Waals surface area contributed by atoms with Gasteiger partial charge in [0.2, 0.25) is 5.91 Å². The number of rotatable bonds is 3. The highest BCUT2D eigenvalue weighted by Crippen LogP contribution is 2.40. The fourth-order valence-corrected chi connectivity index (χ4v) is 3.90. The van der Waals surface area contributed by atoms with Crippen molar-refractivity contribution in [2.45, 2.75) is 6.42 Å². The zero-order valence-corrected chi connectivity index (χ0v) is 14.6. The molecule has 2 fully saturated rings. The van der Waals surface area contributed by atoms with Crippen molar-refractivity contribution in [3.05, 3.63) is 66.9 Å². The van der Waals surface area contributed by atoms with Crippen LogP contribution in [0.25, 0.3) is 11.3 Å². The van der Waals surface area contributed by atoms with Crippen LogP contribution in [0.5, 0.6) is 0 Å². The van der Waals surface area contributed by atoms with Crippen molar-refractivity contribution >= 4 is 11.8 Å². The Labute approximate surface area is 152 Å². The molecule has 0 N–H and O–H groups in total. The third-order valence-corrected chi connectivity index (χ3v) is 5.30. The lowest BCUT2D eigenvalue weighted by molar-refractivity contribution is -0.125. The molecule has 2 aromatic rings. The Morgan fingerprint density at radius 3 is 2.46 bits per heavy atom. The molecule has 5 heteroatoms. The van der Waals surface area contributed by atoms with Crippen LogP contribution in [0, 0.1) is 5.41 Å². The fraction of sp³-hybridized carbons (Fsp3) is 0.286. The zero-order chi connectivity index (χ0) is 18.1. The van der Waals surface area contributed by atoms with Gasteiger partial charge in [-0.3, -0.25) is 9.59 Å². The molecule has 0 saturated carbocycles. The number of carbonyl (C=O) groups excluding carboxylic acids is 2. The first kappa shape index (κ1) is 16.5. The number of pyridine rings is 1. The molecule has 1 aromatic heterocycles. The number of carbonyl (C=O) groups is 2. The van der Waals surface area contributed by atoms with Crippen LogP contribution in [0.3, 0.4) is 0 Å². The normalized spacial score (nSPS) is 17.8. The summed E-state index contributed by atoms with van der Waals surface area (Å²) in [6.07, 6.45) is 2.30. The Kier molecular flexibility index (Phi) is 4.07. The Bertz CT molecular complexity index is 857. The summed E-state index contributed by atoms with van der Waals surface area (Å²) in [5.74, 6) is -0.0641. The molecule has 2 saturated heterocycles. The molecule has 0 unspecified atom stereocenters. The van der Waals surface area contributed by atoms with Gasteiger partial charge >= 0.3 is 0 Å². The Morgan fingerprint density at radius 1 is 1.00 bits per heavy atom. The number of aromatic nitrogens is 1. The van der Waals surface area contributed by atoms with E-state index in [0.717, 1.165) is 24.2 Å². The molecular weight excluding hydrogens is 326 g/mol. The molecule has 0 aliphatic carbocycles. The summed E-state index contributed by atoms with van der Waals surface area (Å²) in [6.45, 7) is 6.37. The minimum absolute atomic E-state index is 0.0242. The van der Waals surface area contributed by atoms with E-state index in [0.29, 0.717) is 25.3 Å². The summed E-state index contributed by atoms with van der Waals surface area (Å²) in [5.41, 5.74) is 2.32. The van der Waals surface area contributed by atoms with Gasteiger partial charge in [-0.15, -0.1) is 0 Å². The van der Waals surface area contributed by atoms with E-state index in [1.807, 2.05) is 52.3 Å². The van der Waals surface area contributed by atoms with E-state index >= 15 is 0 Å². The van der Waals surface area contributed by atoms with E-state index in [1.54, 1.807) is 6.07 Å². The first-order valence-electron chi connectivity index (χ1n) is 8.83. The van der Waals surface area contributed by atoms with Crippen molar-refractivity contribution in [3.63, 3.8) is 0 Å². The quantitative estimate of drug-likeness (QED) is 0.802. The highest BCUT2D eigenvalue weighted by molar-refractivity contribution is 5.93. The molecule has 5 nitrogen and oxygen atoms in total. The van der Waals surface area contributed by atoms with Crippen molar-refractivity contribution in [1.29, 1.82) is 0 Å². The van der Waals surface area contributed by atoms with E-state index in [9.17, 15) is 9.59 Å². The lowest BCUT2D eigenvalue weighted by atomic mass is 9.79. The summed E-state index contributed by atoms with van der Waals surface area (Å²) in [4.78, 5) is 32.8. The first-order chi connectivity index (χ1) is 12.6. The molecule has 1 spiro atoms. The van der Waals surface area contributed by atoms with Crippen molar-refractivity contribution in [1.82, 2.24) is 14.8 Å². The minimum Gasteiger partial charge on any atom is -0.338 e. The average molecular weight is 347 g/mol. The van der Waals surface area contributed by atoms with Gasteiger partial charge in [0.05, 0.1) is 5.69 Å². The van der Waals surface area contributed by atoms with Gasteiger partial charge in [-0.1, -0.05) is 43.0 Å². The zero-order valence-electron chi connectivity index (χ0n) is 14.6. The molecule has 2 aliphatic rings. The van der Waals surface area contributed by atoms with Gasteiger partial charge in [0.25, 0.3) is 5.91 Å². The maximum atomic E-state index is 12.8. The molecule has 2 amide bonds. The smallest absolute Gasteiger partial charge is 0.272 e. The van der Waals surface area contributed by atoms with Crippen LogP contribution in [-0.4, -0.2) is 52.8 Å². The highest BCUT2D eigenvalue weighted by Gasteiger charge is 2.50. The van der Waals surface area contributed by atoms with Crippen molar-refractivity contribution in [3.8, 4) is 11.3 Å². The molecular formula is C21H21N3O2. The van der Waals surface area contributed by atoms with Crippen LogP contribution in [0.1, 0.15) is 16.9 Å². The first-order valence-corrected chi connectivity index (χ1v) is 8.83. The predicted octanol–water partition coefficient (Wildman–Crippen LogP) is 2.61. The molecule has 4 rings (SSSR count). The van der Waals surface area contributed by atoms with Gasteiger partial charge in [-0.05, 0) is 24.6 Å². The lowest BCUT2D eigenvalue weighted by Gasteiger charge is -2.47. The van der Waals surface area contributed by atoms with Gasteiger partial charge in [0, 0.05) is 37.2 Å². The molecule has 1 aromatic carbocycles. The van der Waals surface area contributed by atoms with E-state index in [-0.39, 0.29) is 17.2 Å². The molecule has 0 radical (unpaired) electrons. The topological polar surface area (TPSA) is 53.5 Å². The molecule has 2 aliphatic heterocycles. The Hall–Kier alpha value is -2.95. The van der Waals surface area contributed by atoms with Crippen LogP contribution >= 0.6 is 0 Å². The number of hydrogen-bond acceptors (Lipinski definition) is 3. The lowest BCUT2D eigenvalue weighted by Crippen LogP contribution is -2.59. The van der Waals surface area contributed by atoms with Crippen LogP contribution in [0.2, 0.25) is 0 Å². The molecule has 132 valence electrons. The molecule has 3 heterocycles. The van der Waals surface area contributed by atoms with E-state index in [2.05, 4.69) is 11.6 Å². The number of amides is 2. The average Bonchev–Trinajstić information content (AvgIpc) is 3.12. The standard InChI is InChI=1S/C21H21N3O2/c1-2-19(25)23-12-11-21(13-23)14-24(15-21)20(26)18-10-6-9-17(22-18)16-7-4-3-5-8-16/h2-10H,1,11-15H2. The van der Waals surface area contributed by atoms with Crippen molar-refractivity contribution in [2.75, 3.05) is 26.2 Å². The maximum Gasteiger partial charge on any atom is 0.272 e. The highest BCUT2D eigenvalue weighted by atomic mass is 16.2. The fourth-order valence-electron chi connectivity index (χ4n) is 3.90. The molecule has 0 bridgehead atoms. The Balaban J connectivity index is 1.44. The number of nitrogens with zero attached hydrogens (tertiary/aromatic N) is 3. The van der Waals surface area contributed by atoms with Gasteiger partial charge in [-0.25, -0.2) is 4.98 Å². The predicted molar refractivity (Wildman–Crippen MR) is 99.4 cm³/mol. The monoisotopic (exact) mass is 347 g/mol. The van der Waals surface area contributed by atoms with E-state index < -0.39 is 0 Å². The third kappa shape index (κ3) is 2.90. The van der Waals surface area contributed by atoms with Crippen molar-refractivity contribution < 1.29 is 9.59 Å². The van der Waals surface area contributed by atoms with Crippen LogP contribution in [0.4, 0.5) is 0 Å². The Morgan fingerprint density at radius 2 is 1.73 bits per heavy atom. The van der Waals surface area contributed by atoms with Gasteiger partial charge in [0.15, 0.2) is 0 Å². The summed E-state index contributed by atoms with van der Waals surface area (Å²) in [6, 6.07) is 15.4. The maximum absolute atomic E-state index is 12.8. The second-order valence-electron chi connectivity index (χ2n) is 7.15. The summed E-state index contributed by atoms with van der Waals surface area (Å²) >= 11 is 0. The number of likely N-dealkylation sites (tertiary alicyclic amines) is 2. The molecule has 0 atom stereocenters. The number of hydrogen-bond donors (Lipinski definition) is 0. The second-order valence-corrected chi connectivity index (χ2v) is 7.15. The summed E-state index contributed by atoms with van der Waals surface area (Å²) in [7, 11) is 0. The van der Waals surface area contributed by atoms with E-state index in [4.69, 9.17) is 0 Å². The van der Waals surface area contributed by atoms with Crippen LogP contribution in [0.15, 0.2) is 61.2 Å². The number of benzene rings is 1. The third-order valence-electron chi connectivity index (χ3n) is 5.30.